The Morgan fingerprint density at radius 1 is 1.03 bits per heavy atom. The van der Waals surface area contributed by atoms with Gasteiger partial charge < -0.3 is 37.5 Å². The molecule has 1 heterocycles. The SMILES string of the molecule is CC(C)C(NC(=O)C(Cc1c[nH]c2ccccc12)NC(=O)C(N)CCCCN)C(=O)NCC(=O)O. The fourth-order valence-electron chi connectivity index (χ4n) is 3.71. The lowest BCUT2D eigenvalue weighted by Gasteiger charge is -2.26. The highest BCUT2D eigenvalue weighted by molar-refractivity contribution is 5.94. The van der Waals surface area contributed by atoms with Gasteiger partial charge in [-0.1, -0.05) is 38.5 Å². The van der Waals surface area contributed by atoms with Crippen LogP contribution in [0.3, 0.4) is 0 Å². The van der Waals surface area contributed by atoms with Crippen molar-refractivity contribution in [1.82, 2.24) is 20.9 Å². The van der Waals surface area contributed by atoms with Crippen LogP contribution in [0.25, 0.3) is 10.9 Å². The minimum atomic E-state index is -1.19. The Morgan fingerprint density at radius 2 is 1.74 bits per heavy atom. The average Bonchev–Trinajstić information content (AvgIpc) is 3.23. The van der Waals surface area contributed by atoms with Gasteiger partial charge in [-0.2, -0.15) is 0 Å². The predicted octanol–water partition coefficient (Wildman–Crippen LogP) is -0.00690. The van der Waals surface area contributed by atoms with Crippen LogP contribution in [0, 0.1) is 5.92 Å². The molecule has 2 rings (SSSR count). The molecule has 0 aliphatic rings. The van der Waals surface area contributed by atoms with Crippen molar-refractivity contribution >= 4 is 34.6 Å². The third-order valence-electron chi connectivity index (χ3n) is 5.70. The third kappa shape index (κ3) is 8.37. The highest BCUT2D eigenvalue weighted by Crippen LogP contribution is 2.19. The molecule has 11 heteroatoms. The van der Waals surface area contributed by atoms with Crippen LogP contribution >= 0.6 is 0 Å². The maximum absolute atomic E-state index is 13.3. The molecule has 0 radical (unpaired) electrons. The normalized spacial score (nSPS) is 13.7. The number of H-pyrrole nitrogens is 1. The molecule has 2 aromatic rings. The number of rotatable bonds is 14. The molecule has 0 fully saturated rings. The van der Waals surface area contributed by atoms with Gasteiger partial charge in [-0.05, 0) is 36.9 Å². The quantitative estimate of drug-likeness (QED) is 0.182. The summed E-state index contributed by atoms with van der Waals surface area (Å²) in [4.78, 5) is 52.5. The van der Waals surface area contributed by atoms with Crippen molar-refractivity contribution in [3.8, 4) is 0 Å². The summed E-state index contributed by atoms with van der Waals surface area (Å²) in [5, 5.41) is 17.4. The first-order chi connectivity index (χ1) is 16.6. The first-order valence-corrected chi connectivity index (χ1v) is 11.7. The number of benzene rings is 1. The zero-order valence-electron chi connectivity index (χ0n) is 20.2. The Labute approximate surface area is 204 Å². The molecule has 3 amide bonds. The van der Waals surface area contributed by atoms with Gasteiger partial charge in [0.2, 0.25) is 17.7 Å². The van der Waals surface area contributed by atoms with Gasteiger partial charge in [0, 0.05) is 23.5 Å². The van der Waals surface area contributed by atoms with Crippen molar-refractivity contribution in [3.05, 3.63) is 36.0 Å². The van der Waals surface area contributed by atoms with E-state index in [9.17, 15) is 19.2 Å². The highest BCUT2D eigenvalue weighted by atomic mass is 16.4. The van der Waals surface area contributed by atoms with Gasteiger partial charge in [-0.25, -0.2) is 0 Å². The molecule has 0 aliphatic carbocycles. The maximum atomic E-state index is 13.3. The molecular weight excluding hydrogens is 452 g/mol. The van der Waals surface area contributed by atoms with E-state index in [0.717, 1.165) is 22.9 Å². The monoisotopic (exact) mass is 488 g/mol. The van der Waals surface area contributed by atoms with Crippen LogP contribution in [0.1, 0.15) is 38.7 Å². The van der Waals surface area contributed by atoms with E-state index in [0.29, 0.717) is 19.4 Å². The molecule has 3 unspecified atom stereocenters. The fourth-order valence-corrected chi connectivity index (χ4v) is 3.71. The van der Waals surface area contributed by atoms with Crippen molar-refractivity contribution in [2.75, 3.05) is 13.1 Å². The van der Waals surface area contributed by atoms with Crippen molar-refractivity contribution in [2.24, 2.45) is 17.4 Å². The number of carbonyl (C=O) groups excluding carboxylic acids is 3. The number of amides is 3. The van der Waals surface area contributed by atoms with Crippen LogP contribution in [-0.2, 0) is 25.6 Å². The lowest BCUT2D eigenvalue weighted by molar-refractivity contribution is -0.139. The standard InChI is InChI=1S/C24H36N6O5/c1-14(2)21(24(35)28-13-20(31)32)30-23(34)19(29-22(33)17(26)8-5-6-10-25)11-15-12-27-18-9-4-3-7-16(15)18/h3-4,7,9,12,14,17,19,21,27H,5-6,8,10-11,13,25-26H2,1-2H3,(H,28,35)(H,29,33)(H,30,34)(H,31,32). The lowest BCUT2D eigenvalue weighted by Crippen LogP contribution is -2.57. The van der Waals surface area contributed by atoms with Crippen LogP contribution in [0.15, 0.2) is 30.5 Å². The second kappa shape index (κ2) is 13.4. The number of carbonyl (C=O) groups is 4. The Morgan fingerprint density at radius 3 is 2.40 bits per heavy atom. The predicted molar refractivity (Wildman–Crippen MR) is 132 cm³/mol. The zero-order chi connectivity index (χ0) is 26.0. The summed E-state index contributed by atoms with van der Waals surface area (Å²) in [5.74, 6) is -3.18. The molecule has 11 nitrogen and oxygen atoms in total. The number of hydrogen-bond acceptors (Lipinski definition) is 6. The number of fused-ring (bicyclic) bond motifs is 1. The first kappa shape index (κ1) is 27.8. The molecule has 0 bridgehead atoms. The van der Waals surface area contributed by atoms with Gasteiger partial charge in [-0.15, -0.1) is 0 Å². The number of unbranched alkanes of at least 4 members (excludes halogenated alkanes) is 1. The second-order valence-corrected chi connectivity index (χ2v) is 8.86. The average molecular weight is 489 g/mol. The number of nitrogens with two attached hydrogens (primary N) is 2. The molecule has 1 aromatic heterocycles. The van der Waals surface area contributed by atoms with E-state index in [2.05, 4.69) is 20.9 Å². The Kier molecular flexibility index (Phi) is 10.7. The van der Waals surface area contributed by atoms with Crippen LogP contribution in [0.2, 0.25) is 0 Å². The fraction of sp³-hybridized carbons (Fsp3) is 0.500. The molecule has 0 spiro atoms. The van der Waals surface area contributed by atoms with Gasteiger partial charge in [0.15, 0.2) is 0 Å². The van der Waals surface area contributed by atoms with Gasteiger partial charge in [0.1, 0.15) is 18.6 Å². The molecule has 0 saturated heterocycles. The number of para-hydroxylation sites is 1. The van der Waals surface area contributed by atoms with E-state index in [1.165, 1.54) is 0 Å². The minimum absolute atomic E-state index is 0.165. The summed E-state index contributed by atoms with van der Waals surface area (Å²) < 4.78 is 0. The number of aromatic amines is 1. The molecular formula is C24H36N6O5. The Hall–Kier alpha value is -3.44. The summed E-state index contributed by atoms with van der Waals surface area (Å²) in [5.41, 5.74) is 13.2. The lowest BCUT2D eigenvalue weighted by atomic mass is 10.00. The number of aromatic nitrogens is 1. The van der Waals surface area contributed by atoms with Crippen LogP contribution < -0.4 is 27.4 Å². The molecule has 0 saturated carbocycles. The van der Waals surface area contributed by atoms with Crippen molar-refractivity contribution < 1.29 is 24.3 Å². The van der Waals surface area contributed by atoms with Crippen LogP contribution in [0.5, 0.6) is 0 Å². The summed E-state index contributed by atoms with van der Waals surface area (Å²) in [7, 11) is 0. The number of nitrogens with one attached hydrogen (secondary N) is 4. The third-order valence-corrected chi connectivity index (χ3v) is 5.70. The van der Waals surface area contributed by atoms with E-state index in [1.807, 2.05) is 24.3 Å². The Bertz CT molecular complexity index is 1020. The second-order valence-electron chi connectivity index (χ2n) is 8.86. The van der Waals surface area contributed by atoms with Crippen LogP contribution in [0.4, 0.5) is 0 Å². The molecule has 35 heavy (non-hydrogen) atoms. The van der Waals surface area contributed by atoms with Crippen molar-refractivity contribution in [2.45, 2.75) is 57.7 Å². The van der Waals surface area contributed by atoms with E-state index in [-0.39, 0.29) is 12.3 Å². The molecule has 9 N–H and O–H groups in total. The van der Waals surface area contributed by atoms with Gasteiger partial charge in [0.25, 0.3) is 0 Å². The zero-order valence-corrected chi connectivity index (χ0v) is 20.2. The van der Waals surface area contributed by atoms with E-state index in [1.54, 1.807) is 20.0 Å². The summed E-state index contributed by atoms with van der Waals surface area (Å²) >= 11 is 0. The highest BCUT2D eigenvalue weighted by Gasteiger charge is 2.30. The Balaban J connectivity index is 2.22. The van der Waals surface area contributed by atoms with Crippen molar-refractivity contribution in [3.63, 3.8) is 0 Å². The smallest absolute Gasteiger partial charge is 0.322 e. The minimum Gasteiger partial charge on any atom is -0.480 e. The largest absolute Gasteiger partial charge is 0.480 e. The van der Waals surface area contributed by atoms with Gasteiger partial charge >= 0.3 is 5.97 Å². The number of aliphatic carboxylic acids is 1. The van der Waals surface area contributed by atoms with Gasteiger partial charge in [0.05, 0.1) is 6.04 Å². The van der Waals surface area contributed by atoms with Crippen LogP contribution in [-0.4, -0.2) is 65.0 Å². The summed E-state index contributed by atoms with van der Waals surface area (Å²) in [6.07, 6.45) is 3.79. The first-order valence-electron chi connectivity index (χ1n) is 11.7. The maximum Gasteiger partial charge on any atom is 0.322 e. The number of carboxylic acid groups (broad SMARTS) is 1. The number of hydrogen-bond donors (Lipinski definition) is 7. The molecule has 192 valence electrons. The molecule has 3 atom stereocenters. The van der Waals surface area contributed by atoms with Crippen molar-refractivity contribution in [1.29, 1.82) is 0 Å². The van der Waals surface area contributed by atoms with E-state index in [4.69, 9.17) is 16.6 Å². The molecule has 1 aromatic carbocycles. The summed E-state index contributed by atoms with van der Waals surface area (Å²) in [6, 6.07) is 4.78. The van der Waals surface area contributed by atoms with Gasteiger partial charge in [-0.3, -0.25) is 19.2 Å². The topological polar surface area (TPSA) is 192 Å². The van der Waals surface area contributed by atoms with E-state index < -0.39 is 48.4 Å². The van der Waals surface area contributed by atoms with E-state index >= 15 is 0 Å². The molecule has 0 aliphatic heterocycles. The summed E-state index contributed by atoms with van der Waals surface area (Å²) in [6.45, 7) is 3.39. The number of carboxylic acids is 1.